The monoisotopic (exact) mass is 349 g/mol. The minimum absolute atomic E-state index is 0.156. The van der Waals surface area contributed by atoms with Crippen molar-refractivity contribution >= 4 is 17.5 Å². The molecule has 1 aromatic rings. The summed E-state index contributed by atoms with van der Waals surface area (Å²) in [5.41, 5.74) is 9.57. The molecule has 6 nitrogen and oxygen atoms in total. The quantitative estimate of drug-likeness (QED) is 0.201. The predicted molar refractivity (Wildman–Crippen MR) is 99.0 cm³/mol. The summed E-state index contributed by atoms with van der Waals surface area (Å²) in [6, 6.07) is 7.31. The zero-order chi connectivity index (χ0) is 18.5. The third-order valence-electron chi connectivity index (χ3n) is 4.29. The maximum Gasteiger partial charge on any atom is 0.265 e. The fourth-order valence-electron chi connectivity index (χ4n) is 2.72. The molecule has 6 heteroatoms. The Morgan fingerprint density at radius 1 is 1.04 bits per heavy atom. The number of hydroxylamine groups is 1. The molecule has 1 atom stereocenters. The summed E-state index contributed by atoms with van der Waals surface area (Å²) in [7, 11) is 0. The summed E-state index contributed by atoms with van der Waals surface area (Å²) in [6.45, 7) is 1.53. The fourth-order valence-corrected chi connectivity index (χ4v) is 2.72. The zero-order valence-electron chi connectivity index (χ0n) is 15.1. The third-order valence-corrected chi connectivity index (χ3v) is 4.29. The molecule has 25 heavy (non-hydrogen) atoms. The van der Waals surface area contributed by atoms with E-state index in [0.29, 0.717) is 6.42 Å². The Morgan fingerprint density at radius 2 is 1.64 bits per heavy atom. The molecular formula is C19H31N3O3. The van der Waals surface area contributed by atoms with E-state index in [2.05, 4.69) is 11.4 Å². The van der Waals surface area contributed by atoms with E-state index >= 15 is 0 Å². The lowest BCUT2D eigenvalue weighted by Crippen LogP contribution is -2.43. The minimum atomic E-state index is -0.712. The van der Waals surface area contributed by atoms with Gasteiger partial charge in [0.15, 0.2) is 0 Å². The van der Waals surface area contributed by atoms with Crippen LogP contribution in [0, 0.1) is 0 Å². The molecule has 0 saturated heterocycles. The van der Waals surface area contributed by atoms with Crippen LogP contribution in [0.4, 0.5) is 5.69 Å². The standard InChI is InChI=1S/C19H31N3O3/c1-15(19(24)22-25)21-18(23)14-8-6-4-2-3-5-7-11-16-12-9-10-13-17(16)20/h9-10,12-13,15,25H,2-8,11,14,20H2,1H3,(H,21,23)(H,22,24). The van der Waals surface area contributed by atoms with Gasteiger partial charge in [-0.2, -0.15) is 0 Å². The second kappa shape index (κ2) is 12.3. The molecule has 0 heterocycles. The van der Waals surface area contributed by atoms with Crippen molar-refractivity contribution in [3.05, 3.63) is 29.8 Å². The molecule has 0 saturated carbocycles. The van der Waals surface area contributed by atoms with E-state index in [1.165, 1.54) is 37.2 Å². The summed E-state index contributed by atoms with van der Waals surface area (Å²) in [6.07, 6.45) is 9.13. The lowest BCUT2D eigenvalue weighted by atomic mass is 10.0. The summed E-state index contributed by atoms with van der Waals surface area (Å²) in [5, 5.41) is 11.0. The Labute approximate surface area is 150 Å². The number of rotatable bonds is 12. The van der Waals surface area contributed by atoms with E-state index in [1.54, 1.807) is 0 Å². The Bertz CT molecular complexity index is 534. The largest absolute Gasteiger partial charge is 0.399 e. The number of nitrogens with one attached hydrogen (secondary N) is 2. The van der Waals surface area contributed by atoms with Crippen LogP contribution in [0.2, 0.25) is 0 Å². The minimum Gasteiger partial charge on any atom is -0.399 e. The molecule has 1 aromatic carbocycles. The molecule has 0 aliphatic rings. The number of hydrogen-bond donors (Lipinski definition) is 4. The molecule has 0 aliphatic carbocycles. The first-order chi connectivity index (χ1) is 12.0. The highest BCUT2D eigenvalue weighted by Gasteiger charge is 2.13. The third kappa shape index (κ3) is 9.10. The molecule has 0 radical (unpaired) electrons. The number of para-hydroxylation sites is 1. The molecule has 140 valence electrons. The summed E-state index contributed by atoms with van der Waals surface area (Å²) in [5.74, 6) is -0.762. The van der Waals surface area contributed by atoms with Crippen molar-refractivity contribution < 1.29 is 14.8 Å². The van der Waals surface area contributed by atoms with Crippen LogP contribution in [0.5, 0.6) is 0 Å². The van der Waals surface area contributed by atoms with Crippen molar-refractivity contribution in [3.63, 3.8) is 0 Å². The maximum absolute atomic E-state index is 11.6. The van der Waals surface area contributed by atoms with Crippen LogP contribution in [-0.2, 0) is 16.0 Å². The molecule has 2 amide bonds. The SMILES string of the molecule is CC(NC(=O)CCCCCCCCCc1ccccc1N)C(=O)NO. The van der Waals surface area contributed by atoms with Gasteiger partial charge in [0.25, 0.3) is 5.91 Å². The second-order valence-corrected chi connectivity index (χ2v) is 6.44. The number of nitrogen functional groups attached to an aromatic ring is 1. The smallest absolute Gasteiger partial charge is 0.265 e. The molecule has 0 aromatic heterocycles. The number of carbonyl (C=O) groups is 2. The number of nitrogens with two attached hydrogens (primary N) is 1. The van der Waals surface area contributed by atoms with E-state index < -0.39 is 11.9 Å². The van der Waals surface area contributed by atoms with E-state index in [1.807, 2.05) is 18.2 Å². The zero-order valence-corrected chi connectivity index (χ0v) is 15.1. The number of carbonyl (C=O) groups excluding carboxylic acids is 2. The van der Waals surface area contributed by atoms with E-state index in [9.17, 15) is 9.59 Å². The first-order valence-corrected chi connectivity index (χ1v) is 9.11. The van der Waals surface area contributed by atoms with Gasteiger partial charge >= 0.3 is 0 Å². The number of unbranched alkanes of at least 4 members (excludes halogenated alkanes) is 6. The molecule has 1 rings (SSSR count). The van der Waals surface area contributed by atoms with Crippen molar-refractivity contribution in [1.29, 1.82) is 0 Å². The van der Waals surface area contributed by atoms with Crippen molar-refractivity contribution in [2.24, 2.45) is 0 Å². The molecular weight excluding hydrogens is 318 g/mol. The van der Waals surface area contributed by atoms with Gasteiger partial charge < -0.3 is 11.1 Å². The van der Waals surface area contributed by atoms with Crippen LogP contribution >= 0.6 is 0 Å². The number of anilines is 1. The average Bonchev–Trinajstić information content (AvgIpc) is 2.60. The van der Waals surface area contributed by atoms with E-state index in [4.69, 9.17) is 10.9 Å². The Morgan fingerprint density at radius 3 is 2.28 bits per heavy atom. The van der Waals surface area contributed by atoms with Crippen LogP contribution in [0.3, 0.4) is 0 Å². The highest BCUT2D eigenvalue weighted by atomic mass is 16.5. The lowest BCUT2D eigenvalue weighted by molar-refractivity contribution is -0.134. The molecule has 0 fully saturated rings. The second-order valence-electron chi connectivity index (χ2n) is 6.44. The number of benzene rings is 1. The first-order valence-electron chi connectivity index (χ1n) is 9.11. The van der Waals surface area contributed by atoms with Gasteiger partial charge in [-0.3, -0.25) is 14.8 Å². The van der Waals surface area contributed by atoms with Gasteiger partial charge in [-0.15, -0.1) is 0 Å². The van der Waals surface area contributed by atoms with Gasteiger partial charge in [0.05, 0.1) is 0 Å². The highest BCUT2D eigenvalue weighted by molar-refractivity contribution is 5.86. The summed E-state index contributed by atoms with van der Waals surface area (Å²) < 4.78 is 0. The van der Waals surface area contributed by atoms with Gasteiger partial charge in [0, 0.05) is 12.1 Å². The van der Waals surface area contributed by atoms with Gasteiger partial charge in [-0.25, -0.2) is 5.48 Å². The molecule has 0 bridgehead atoms. The maximum atomic E-state index is 11.6. The van der Waals surface area contributed by atoms with Gasteiger partial charge in [-0.1, -0.05) is 50.3 Å². The number of aryl methyl sites for hydroxylation is 1. The van der Waals surface area contributed by atoms with Crippen molar-refractivity contribution in [2.75, 3.05) is 5.73 Å². The number of amides is 2. The topological polar surface area (TPSA) is 104 Å². The van der Waals surface area contributed by atoms with Crippen LogP contribution < -0.4 is 16.5 Å². The predicted octanol–water partition coefficient (Wildman–Crippen LogP) is 2.94. The van der Waals surface area contributed by atoms with Crippen molar-refractivity contribution in [3.8, 4) is 0 Å². The van der Waals surface area contributed by atoms with Gasteiger partial charge in [0.1, 0.15) is 6.04 Å². The Hall–Kier alpha value is -2.08. The first kappa shape index (κ1) is 21.0. The van der Waals surface area contributed by atoms with Crippen LogP contribution in [0.15, 0.2) is 24.3 Å². The Balaban J connectivity index is 1.96. The molecule has 0 spiro atoms. The van der Waals surface area contributed by atoms with Gasteiger partial charge in [0.2, 0.25) is 5.91 Å². The van der Waals surface area contributed by atoms with E-state index in [0.717, 1.165) is 37.8 Å². The fraction of sp³-hybridized carbons (Fsp3) is 0.579. The van der Waals surface area contributed by atoms with Crippen molar-refractivity contribution in [1.82, 2.24) is 10.8 Å². The highest BCUT2D eigenvalue weighted by Crippen LogP contribution is 2.15. The van der Waals surface area contributed by atoms with Gasteiger partial charge in [-0.05, 0) is 37.8 Å². The summed E-state index contributed by atoms with van der Waals surface area (Å²) >= 11 is 0. The van der Waals surface area contributed by atoms with Crippen LogP contribution in [0.25, 0.3) is 0 Å². The van der Waals surface area contributed by atoms with E-state index in [-0.39, 0.29) is 5.91 Å². The molecule has 1 unspecified atom stereocenters. The molecule has 0 aliphatic heterocycles. The lowest BCUT2D eigenvalue weighted by Gasteiger charge is -2.11. The van der Waals surface area contributed by atoms with Crippen molar-refractivity contribution in [2.45, 2.75) is 70.8 Å². The molecule has 5 N–H and O–H groups in total. The average molecular weight is 349 g/mol. The van der Waals surface area contributed by atoms with Crippen LogP contribution in [0.1, 0.15) is 63.9 Å². The Kier molecular flexibility index (Phi) is 10.3. The summed E-state index contributed by atoms with van der Waals surface area (Å²) in [4.78, 5) is 22.7. The van der Waals surface area contributed by atoms with Crippen LogP contribution in [-0.4, -0.2) is 23.1 Å². The normalized spacial score (nSPS) is 11.8. The number of hydrogen-bond acceptors (Lipinski definition) is 4.